The molecule has 0 bridgehead atoms. The van der Waals surface area contributed by atoms with Gasteiger partial charge in [-0.25, -0.2) is 12.8 Å². The second-order valence-corrected chi connectivity index (χ2v) is 8.66. The standard InChI is InChI=1S/C18H22FNO2S/c1-18(2,3)14-20(13-15-9-5-4-6-10-15)23(21,22)17-12-8-7-11-16(17)19/h4-12H,13-14H2,1-3H3. The molecule has 23 heavy (non-hydrogen) atoms. The van der Waals surface area contributed by atoms with Crippen LogP contribution in [-0.4, -0.2) is 19.3 Å². The number of nitrogens with zero attached hydrogens (tertiary/aromatic N) is 1. The fourth-order valence-corrected chi connectivity index (χ4v) is 4.05. The van der Waals surface area contributed by atoms with E-state index in [0.29, 0.717) is 6.54 Å². The Morgan fingerprint density at radius 2 is 1.52 bits per heavy atom. The summed E-state index contributed by atoms with van der Waals surface area (Å²) in [5, 5.41) is 0. The number of benzene rings is 2. The van der Waals surface area contributed by atoms with Crippen LogP contribution in [0, 0.1) is 11.2 Å². The Bertz CT molecular complexity index is 752. The smallest absolute Gasteiger partial charge is 0.207 e. The lowest BCUT2D eigenvalue weighted by Gasteiger charge is -2.29. The van der Waals surface area contributed by atoms with Gasteiger partial charge in [-0.15, -0.1) is 0 Å². The van der Waals surface area contributed by atoms with Crippen molar-refractivity contribution < 1.29 is 12.8 Å². The predicted molar refractivity (Wildman–Crippen MR) is 89.9 cm³/mol. The van der Waals surface area contributed by atoms with Crippen LogP contribution in [0.5, 0.6) is 0 Å². The molecule has 0 atom stereocenters. The van der Waals surface area contributed by atoms with Gasteiger partial charge in [0.25, 0.3) is 0 Å². The van der Waals surface area contributed by atoms with Gasteiger partial charge >= 0.3 is 0 Å². The summed E-state index contributed by atoms with van der Waals surface area (Å²) in [6, 6.07) is 14.8. The van der Waals surface area contributed by atoms with E-state index in [1.54, 1.807) is 0 Å². The fourth-order valence-electron chi connectivity index (χ4n) is 2.33. The minimum Gasteiger partial charge on any atom is -0.207 e. The van der Waals surface area contributed by atoms with E-state index in [2.05, 4.69) is 0 Å². The molecule has 0 spiro atoms. The third-order valence-corrected chi connectivity index (χ3v) is 5.13. The molecule has 124 valence electrons. The maximum Gasteiger partial charge on any atom is 0.246 e. The molecule has 0 aliphatic carbocycles. The van der Waals surface area contributed by atoms with Crippen molar-refractivity contribution in [2.75, 3.05) is 6.54 Å². The molecule has 0 amide bonds. The quantitative estimate of drug-likeness (QED) is 0.826. The van der Waals surface area contributed by atoms with Gasteiger partial charge in [0.15, 0.2) is 0 Å². The molecule has 0 aliphatic rings. The average molecular weight is 335 g/mol. The van der Waals surface area contributed by atoms with E-state index in [1.807, 2.05) is 51.1 Å². The van der Waals surface area contributed by atoms with Gasteiger partial charge in [0.05, 0.1) is 0 Å². The van der Waals surface area contributed by atoms with Crippen molar-refractivity contribution in [1.82, 2.24) is 4.31 Å². The Kier molecular flexibility index (Phi) is 5.22. The van der Waals surface area contributed by atoms with Gasteiger partial charge in [-0.1, -0.05) is 63.2 Å². The molecule has 0 heterocycles. The highest BCUT2D eigenvalue weighted by atomic mass is 32.2. The molecular weight excluding hydrogens is 313 g/mol. The monoisotopic (exact) mass is 335 g/mol. The number of hydrogen-bond acceptors (Lipinski definition) is 2. The van der Waals surface area contributed by atoms with Crippen molar-refractivity contribution in [1.29, 1.82) is 0 Å². The lowest BCUT2D eigenvalue weighted by molar-refractivity contribution is 0.276. The Morgan fingerprint density at radius 3 is 2.09 bits per heavy atom. The Morgan fingerprint density at radius 1 is 0.957 bits per heavy atom. The zero-order valence-electron chi connectivity index (χ0n) is 13.7. The van der Waals surface area contributed by atoms with Gasteiger partial charge in [-0.3, -0.25) is 0 Å². The number of hydrogen-bond donors (Lipinski definition) is 0. The van der Waals surface area contributed by atoms with Crippen LogP contribution in [0.3, 0.4) is 0 Å². The van der Waals surface area contributed by atoms with Gasteiger partial charge < -0.3 is 0 Å². The first kappa shape index (κ1) is 17.6. The number of halogens is 1. The highest BCUT2D eigenvalue weighted by Crippen LogP contribution is 2.25. The maximum absolute atomic E-state index is 14.0. The van der Waals surface area contributed by atoms with Gasteiger partial charge in [0, 0.05) is 13.1 Å². The zero-order chi connectivity index (χ0) is 17.1. The van der Waals surface area contributed by atoms with Crippen molar-refractivity contribution in [3.05, 3.63) is 66.0 Å². The first-order chi connectivity index (χ1) is 10.7. The summed E-state index contributed by atoms with van der Waals surface area (Å²) < 4.78 is 41.2. The fraction of sp³-hybridized carbons (Fsp3) is 0.333. The summed E-state index contributed by atoms with van der Waals surface area (Å²) in [7, 11) is -3.90. The molecular formula is C18H22FNO2S. The van der Waals surface area contributed by atoms with E-state index >= 15 is 0 Å². The Hall–Kier alpha value is -1.72. The van der Waals surface area contributed by atoms with Gasteiger partial charge in [0.1, 0.15) is 10.7 Å². The average Bonchev–Trinajstić information content (AvgIpc) is 2.46. The summed E-state index contributed by atoms with van der Waals surface area (Å²) in [4.78, 5) is -0.278. The molecule has 0 saturated heterocycles. The predicted octanol–water partition coefficient (Wildman–Crippen LogP) is 4.06. The highest BCUT2D eigenvalue weighted by molar-refractivity contribution is 7.89. The van der Waals surface area contributed by atoms with Gasteiger partial charge in [-0.2, -0.15) is 4.31 Å². The molecule has 5 heteroatoms. The largest absolute Gasteiger partial charge is 0.246 e. The van der Waals surface area contributed by atoms with Crippen LogP contribution < -0.4 is 0 Å². The SMILES string of the molecule is CC(C)(C)CN(Cc1ccccc1)S(=O)(=O)c1ccccc1F. The third kappa shape index (κ3) is 4.62. The molecule has 2 aromatic rings. The van der Waals surface area contributed by atoms with Crippen molar-refractivity contribution in [3.63, 3.8) is 0 Å². The molecule has 0 aliphatic heterocycles. The molecule has 0 N–H and O–H groups in total. The van der Waals surface area contributed by atoms with Crippen LogP contribution in [0.2, 0.25) is 0 Å². The summed E-state index contributed by atoms with van der Waals surface area (Å²) in [6.45, 7) is 6.40. The van der Waals surface area contributed by atoms with Crippen LogP contribution in [-0.2, 0) is 16.6 Å². The molecule has 0 radical (unpaired) electrons. The van der Waals surface area contributed by atoms with Crippen LogP contribution in [0.4, 0.5) is 4.39 Å². The molecule has 0 fully saturated rings. The van der Waals surface area contributed by atoms with E-state index in [4.69, 9.17) is 0 Å². The first-order valence-electron chi connectivity index (χ1n) is 7.49. The second-order valence-electron chi connectivity index (χ2n) is 6.75. The molecule has 2 aromatic carbocycles. The van der Waals surface area contributed by atoms with E-state index in [0.717, 1.165) is 5.56 Å². The van der Waals surface area contributed by atoms with Crippen LogP contribution in [0.25, 0.3) is 0 Å². The summed E-state index contributed by atoms with van der Waals surface area (Å²) >= 11 is 0. The minimum atomic E-state index is -3.90. The topological polar surface area (TPSA) is 37.4 Å². The lowest BCUT2D eigenvalue weighted by Crippen LogP contribution is -2.37. The molecule has 0 unspecified atom stereocenters. The van der Waals surface area contributed by atoms with Crippen molar-refractivity contribution in [2.45, 2.75) is 32.2 Å². The number of rotatable bonds is 5. The second kappa shape index (κ2) is 6.81. The Labute approximate surface area is 137 Å². The minimum absolute atomic E-state index is 0.217. The normalized spacial score (nSPS) is 12.6. The van der Waals surface area contributed by atoms with Crippen LogP contribution in [0.1, 0.15) is 26.3 Å². The van der Waals surface area contributed by atoms with Crippen molar-refractivity contribution >= 4 is 10.0 Å². The number of sulfonamides is 1. The summed E-state index contributed by atoms with van der Waals surface area (Å²) in [6.07, 6.45) is 0. The first-order valence-corrected chi connectivity index (χ1v) is 8.93. The Balaban J connectivity index is 2.42. The lowest BCUT2D eigenvalue weighted by atomic mass is 9.97. The van der Waals surface area contributed by atoms with E-state index in [-0.39, 0.29) is 16.9 Å². The van der Waals surface area contributed by atoms with E-state index in [9.17, 15) is 12.8 Å². The van der Waals surface area contributed by atoms with Crippen molar-refractivity contribution in [3.8, 4) is 0 Å². The van der Waals surface area contributed by atoms with Gasteiger partial charge in [-0.05, 0) is 23.1 Å². The maximum atomic E-state index is 14.0. The third-order valence-electron chi connectivity index (χ3n) is 3.31. The zero-order valence-corrected chi connectivity index (χ0v) is 14.5. The molecule has 3 nitrogen and oxygen atoms in total. The summed E-state index contributed by atoms with van der Waals surface area (Å²) in [5.41, 5.74) is 0.629. The van der Waals surface area contributed by atoms with Crippen LogP contribution in [0.15, 0.2) is 59.5 Å². The highest BCUT2D eigenvalue weighted by Gasteiger charge is 2.30. The van der Waals surface area contributed by atoms with Crippen molar-refractivity contribution in [2.24, 2.45) is 5.41 Å². The molecule has 2 rings (SSSR count). The van der Waals surface area contributed by atoms with E-state index in [1.165, 1.54) is 28.6 Å². The molecule has 0 saturated carbocycles. The van der Waals surface area contributed by atoms with Gasteiger partial charge in [0.2, 0.25) is 10.0 Å². The molecule has 0 aromatic heterocycles. The summed E-state index contributed by atoms with van der Waals surface area (Å²) in [5.74, 6) is -0.723. The van der Waals surface area contributed by atoms with E-state index < -0.39 is 15.8 Å². The van der Waals surface area contributed by atoms with Crippen LogP contribution >= 0.6 is 0 Å².